The van der Waals surface area contributed by atoms with Crippen LogP contribution in [0.5, 0.6) is 0 Å². The van der Waals surface area contributed by atoms with E-state index in [1.165, 1.54) is 12.1 Å². The predicted molar refractivity (Wildman–Crippen MR) is 155 cm³/mol. The number of carbonyl (C=O) groups is 1. The van der Waals surface area contributed by atoms with Crippen LogP contribution in [0.15, 0.2) is 36.5 Å². The van der Waals surface area contributed by atoms with Crippen LogP contribution in [0, 0.1) is 11.2 Å². The molecule has 5 heterocycles. The van der Waals surface area contributed by atoms with Crippen molar-refractivity contribution in [1.29, 1.82) is 0 Å². The second-order valence-electron chi connectivity index (χ2n) is 11.5. The van der Waals surface area contributed by atoms with Gasteiger partial charge in [-0.1, -0.05) is 6.92 Å². The maximum absolute atomic E-state index is 13.8. The van der Waals surface area contributed by atoms with Crippen molar-refractivity contribution in [3.05, 3.63) is 48.2 Å². The number of hydrazine groups is 1. The molecule has 12 nitrogen and oxygen atoms in total. The van der Waals surface area contributed by atoms with Gasteiger partial charge in [-0.3, -0.25) is 9.80 Å². The van der Waals surface area contributed by atoms with Crippen molar-refractivity contribution in [2.24, 2.45) is 5.41 Å². The van der Waals surface area contributed by atoms with Gasteiger partial charge in [0.05, 0.1) is 55.0 Å². The second-order valence-corrected chi connectivity index (χ2v) is 11.5. The van der Waals surface area contributed by atoms with E-state index in [0.717, 1.165) is 26.1 Å². The molecule has 13 heteroatoms. The van der Waals surface area contributed by atoms with E-state index < -0.39 is 17.8 Å². The molecule has 1 aromatic carbocycles. The number of β-amino-alcohol motifs (C(OH)–C–C–N with tert-alkyl or cyclic N) is 1. The molecular formula is C30H38FN7O5. The number of benzene rings is 1. The Balaban J connectivity index is 1.29. The number of aromatic amines is 1. The molecule has 3 aliphatic heterocycles. The van der Waals surface area contributed by atoms with E-state index in [4.69, 9.17) is 24.2 Å². The maximum Gasteiger partial charge on any atom is 0.240 e. The van der Waals surface area contributed by atoms with E-state index in [1.807, 2.05) is 6.92 Å². The van der Waals surface area contributed by atoms with E-state index in [-0.39, 0.29) is 24.9 Å². The smallest absolute Gasteiger partial charge is 0.240 e. The molecule has 43 heavy (non-hydrogen) atoms. The Kier molecular flexibility index (Phi) is 8.68. The molecule has 3 saturated heterocycles. The lowest BCUT2D eigenvalue weighted by atomic mass is 9.90. The van der Waals surface area contributed by atoms with Gasteiger partial charge in [0.2, 0.25) is 18.1 Å². The number of nitrogens with one attached hydrogen (secondary N) is 1. The number of aliphatic hydroxyl groups is 1. The first-order chi connectivity index (χ1) is 20.8. The van der Waals surface area contributed by atoms with Crippen molar-refractivity contribution < 1.29 is 28.5 Å². The Bertz CT molecular complexity index is 1410. The third-order valence-corrected chi connectivity index (χ3v) is 8.03. The van der Waals surface area contributed by atoms with Gasteiger partial charge in [-0.15, -0.1) is 0 Å². The quantitative estimate of drug-likeness (QED) is 0.401. The average Bonchev–Trinajstić information content (AvgIpc) is 3.68. The van der Waals surface area contributed by atoms with Gasteiger partial charge < -0.3 is 29.2 Å². The number of amides is 1. The minimum atomic E-state index is -0.875. The van der Waals surface area contributed by atoms with E-state index in [0.29, 0.717) is 67.1 Å². The minimum absolute atomic E-state index is 0.0972. The number of carbonyl (C=O) groups excluding carboxylic acids is 1. The highest BCUT2D eigenvalue weighted by Gasteiger charge is 2.44. The van der Waals surface area contributed by atoms with Crippen molar-refractivity contribution >= 4 is 11.9 Å². The predicted octanol–water partition coefficient (Wildman–Crippen LogP) is 2.78. The molecule has 0 aliphatic carbocycles. The molecule has 1 unspecified atom stereocenters. The molecule has 2 aromatic heterocycles. The van der Waals surface area contributed by atoms with Crippen LogP contribution in [-0.2, 0) is 19.0 Å². The molecule has 230 valence electrons. The lowest BCUT2D eigenvalue weighted by Crippen LogP contribution is -2.50. The Hall–Kier alpha value is -3.49. The zero-order valence-corrected chi connectivity index (χ0v) is 24.5. The normalized spacial score (nSPS) is 24.8. The molecule has 0 spiro atoms. The van der Waals surface area contributed by atoms with Gasteiger partial charge in [-0.2, -0.15) is 0 Å². The second kappa shape index (κ2) is 12.6. The SMILES string of the molecule is CCCN(c1nccc(-c2[nH]c(C3OCC(C)(C(=O)N4CCC(O)C4)CO3)nc2-c2ccc(F)cc2)n1)N1CCOCC1. The summed E-state index contributed by atoms with van der Waals surface area (Å²) in [6.45, 7) is 8.57. The summed E-state index contributed by atoms with van der Waals surface area (Å²) < 4.78 is 31.5. The summed E-state index contributed by atoms with van der Waals surface area (Å²) in [5.74, 6) is 0.535. The number of aromatic nitrogens is 4. The summed E-state index contributed by atoms with van der Waals surface area (Å²) in [4.78, 5) is 32.6. The standard InChI is InChI=1S/C30H38FN7O5/c1-3-11-38(37-13-15-41-16-14-37)29-32-10-8-23(33-29)25-24(20-4-6-21(31)7-5-20)34-26(35-25)27-42-18-30(2,19-43-27)28(40)36-12-9-22(39)17-36/h4-8,10,22,27,39H,3,9,11-19H2,1-2H3,(H,34,35). The lowest BCUT2D eigenvalue weighted by Gasteiger charge is -2.37. The molecule has 3 aliphatic rings. The maximum atomic E-state index is 13.8. The molecule has 3 fully saturated rings. The Morgan fingerprint density at radius 1 is 1.14 bits per heavy atom. The van der Waals surface area contributed by atoms with Crippen LogP contribution >= 0.6 is 0 Å². The molecule has 3 aromatic rings. The van der Waals surface area contributed by atoms with Crippen LogP contribution < -0.4 is 5.01 Å². The Morgan fingerprint density at radius 3 is 2.56 bits per heavy atom. The highest BCUT2D eigenvalue weighted by atomic mass is 19.1. The molecule has 0 radical (unpaired) electrons. The van der Waals surface area contributed by atoms with Crippen molar-refractivity contribution in [2.75, 3.05) is 64.2 Å². The minimum Gasteiger partial charge on any atom is -0.391 e. The number of hydrogen-bond acceptors (Lipinski definition) is 10. The number of ether oxygens (including phenoxy) is 3. The molecule has 1 atom stereocenters. The van der Waals surface area contributed by atoms with Crippen molar-refractivity contribution in [3.63, 3.8) is 0 Å². The van der Waals surface area contributed by atoms with Crippen molar-refractivity contribution in [3.8, 4) is 22.6 Å². The number of halogens is 1. The number of nitrogens with zero attached hydrogens (tertiary/aromatic N) is 6. The summed E-state index contributed by atoms with van der Waals surface area (Å²) in [7, 11) is 0. The van der Waals surface area contributed by atoms with Crippen LogP contribution in [0.4, 0.5) is 10.3 Å². The fourth-order valence-electron chi connectivity index (χ4n) is 5.69. The third kappa shape index (κ3) is 6.27. The number of H-pyrrole nitrogens is 1. The molecule has 0 saturated carbocycles. The summed E-state index contributed by atoms with van der Waals surface area (Å²) in [6, 6.07) is 7.92. The lowest BCUT2D eigenvalue weighted by molar-refractivity contribution is -0.234. The van der Waals surface area contributed by atoms with Crippen LogP contribution in [0.1, 0.15) is 38.8 Å². The van der Waals surface area contributed by atoms with Gasteiger partial charge in [0, 0.05) is 44.5 Å². The van der Waals surface area contributed by atoms with Gasteiger partial charge in [0.15, 0.2) is 5.82 Å². The number of imidazole rings is 1. The van der Waals surface area contributed by atoms with Crippen LogP contribution in [0.2, 0.25) is 0 Å². The van der Waals surface area contributed by atoms with E-state index in [1.54, 1.807) is 29.3 Å². The van der Waals surface area contributed by atoms with Crippen LogP contribution in [-0.4, -0.2) is 106 Å². The zero-order chi connectivity index (χ0) is 30.0. The molecule has 6 rings (SSSR count). The Labute approximate surface area is 249 Å². The number of likely N-dealkylation sites (tertiary alicyclic amines) is 1. The number of hydrogen-bond donors (Lipinski definition) is 2. The van der Waals surface area contributed by atoms with Gasteiger partial charge in [-0.05, 0) is 50.1 Å². The average molecular weight is 596 g/mol. The summed E-state index contributed by atoms with van der Waals surface area (Å²) in [5.41, 5.74) is 1.61. The first kappa shape index (κ1) is 29.6. The number of morpholine rings is 1. The van der Waals surface area contributed by atoms with E-state index in [2.05, 4.69) is 26.9 Å². The fraction of sp³-hybridized carbons (Fsp3) is 0.533. The van der Waals surface area contributed by atoms with Gasteiger partial charge in [0.25, 0.3) is 0 Å². The number of anilines is 1. The first-order valence-electron chi connectivity index (χ1n) is 14.8. The van der Waals surface area contributed by atoms with E-state index in [9.17, 15) is 14.3 Å². The molecule has 1 amide bonds. The van der Waals surface area contributed by atoms with Crippen molar-refractivity contribution in [2.45, 2.75) is 39.1 Å². The summed E-state index contributed by atoms with van der Waals surface area (Å²) in [5, 5.41) is 14.2. The number of rotatable bonds is 8. The zero-order valence-electron chi connectivity index (χ0n) is 24.5. The van der Waals surface area contributed by atoms with Gasteiger partial charge >= 0.3 is 0 Å². The highest BCUT2D eigenvalue weighted by Crippen LogP contribution is 2.37. The first-order valence-corrected chi connectivity index (χ1v) is 14.8. The van der Waals surface area contributed by atoms with Crippen LogP contribution in [0.3, 0.4) is 0 Å². The molecular weight excluding hydrogens is 557 g/mol. The number of aliphatic hydroxyl groups excluding tert-OH is 1. The molecule has 2 N–H and O–H groups in total. The van der Waals surface area contributed by atoms with Gasteiger partial charge in [0.1, 0.15) is 5.82 Å². The Morgan fingerprint density at radius 2 is 1.88 bits per heavy atom. The topological polar surface area (TPSA) is 129 Å². The monoisotopic (exact) mass is 595 g/mol. The summed E-state index contributed by atoms with van der Waals surface area (Å²) >= 11 is 0. The van der Waals surface area contributed by atoms with E-state index >= 15 is 0 Å². The largest absolute Gasteiger partial charge is 0.391 e. The van der Waals surface area contributed by atoms with Crippen LogP contribution in [0.25, 0.3) is 22.6 Å². The molecule has 0 bridgehead atoms. The fourth-order valence-corrected chi connectivity index (χ4v) is 5.69. The highest BCUT2D eigenvalue weighted by molar-refractivity contribution is 5.83. The third-order valence-electron chi connectivity index (χ3n) is 8.03. The summed E-state index contributed by atoms with van der Waals surface area (Å²) in [6.07, 6.45) is 1.86. The van der Waals surface area contributed by atoms with Crippen molar-refractivity contribution in [1.82, 2.24) is 29.8 Å². The van der Waals surface area contributed by atoms with Gasteiger partial charge in [-0.25, -0.2) is 24.4 Å².